The summed E-state index contributed by atoms with van der Waals surface area (Å²) >= 11 is 0. The minimum Gasteiger partial charge on any atom is -0.378 e. The molecule has 0 aliphatic heterocycles. The minimum absolute atomic E-state index is 0.268. The molecule has 0 aliphatic carbocycles. The van der Waals surface area contributed by atoms with E-state index in [0.29, 0.717) is 12.8 Å². The van der Waals surface area contributed by atoms with Crippen LogP contribution in [-0.4, -0.2) is 49.8 Å². The van der Waals surface area contributed by atoms with Crippen molar-refractivity contribution in [2.24, 2.45) is 11.8 Å². The number of carbonyl (C=O) groups is 2. The molecule has 0 aromatic rings. The molecule has 0 aliphatic rings. The molecule has 4 nitrogen and oxygen atoms in total. The summed E-state index contributed by atoms with van der Waals surface area (Å²) in [5.41, 5.74) is 0. The standard InChI is InChI=1S/C18H35NO3.2C16H34/c1-16(20)10-5-7-12-18(13-8-6-11-17(2)21)22-15-9-14-19(3)4;2*1-4-6-8-10-12-14-16(3)15-13-11-9-7-5-2/h18H,5-15H2,1-4H3;2*16H,4-15H2,1-3H3. The lowest BCUT2D eigenvalue weighted by atomic mass is 9.96. The van der Waals surface area contributed by atoms with Gasteiger partial charge in [0, 0.05) is 19.4 Å². The van der Waals surface area contributed by atoms with Gasteiger partial charge in [0.1, 0.15) is 11.6 Å². The van der Waals surface area contributed by atoms with Crippen LogP contribution in [0, 0.1) is 11.8 Å². The second-order valence-corrected chi connectivity index (χ2v) is 17.6. The maximum atomic E-state index is 11.0. The number of ketones is 2. The molecule has 4 heteroatoms. The monoisotopic (exact) mass is 766 g/mol. The second-order valence-electron chi connectivity index (χ2n) is 17.6. The Bertz CT molecular complexity index is 643. The number of nitrogens with zero attached hydrogens (tertiary/aromatic N) is 1. The van der Waals surface area contributed by atoms with Crippen LogP contribution in [0.1, 0.15) is 267 Å². The fourth-order valence-corrected chi connectivity index (χ4v) is 7.11. The Morgan fingerprint density at radius 3 is 1.00 bits per heavy atom. The van der Waals surface area contributed by atoms with Crippen molar-refractivity contribution < 1.29 is 14.3 Å². The van der Waals surface area contributed by atoms with Gasteiger partial charge in [-0.25, -0.2) is 0 Å². The molecular formula is C50H103NO3. The topological polar surface area (TPSA) is 46.6 Å². The fourth-order valence-electron chi connectivity index (χ4n) is 7.11. The van der Waals surface area contributed by atoms with E-state index in [1.807, 2.05) is 0 Å². The molecule has 0 bridgehead atoms. The van der Waals surface area contributed by atoms with E-state index in [9.17, 15) is 9.59 Å². The number of rotatable bonds is 39. The largest absolute Gasteiger partial charge is 0.378 e. The zero-order valence-corrected chi connectivity index (χ0v) is 39.2. The molecule has 0 heterocycles. The molecule has 0 saturated heterocycles. The summed E-state index contributed by atoms with van der Waals surface area (Å²) in [6.07, 6.45) is 43.4. The lowest BCUT2D eigenvalue weighted by Gasteiger charge is -2.18. The van der Waals surface area contributed by atoms with Gasteiger partial charge < -0.3 is 19.2 Å². The van der Waals surface area contributed by atoms with E-state index in [1.54, 1.807) is 13.8 Å². The molecule has 54 heavy (non-hydrogen) atoms. The molecule has 0 unspecified atom stereocenters. The molecule has 0 rings (SSSR count). The predicted octanol–water partition coefficient (Wildman–Crippen LogP) is 16.3. The van der Waals surface area contributed by atoms with Gasteiger partial charge in [-0.05, 0) is 78.4 Å². The molecule has 326 valence electrons. The minimum atomic E-state index is 0.268. The van der Waals surface area contributed by atoms with Crippen molar-refractivity contribution >= 4 is 11.6 Å². The molecular weight excluding hydrogens is 663 g/mol. The van der Waals surface area contributed by atoms with Crippen LogP contribution in [0.15, 0.2) is 0 Å². The summed E-state index contributed by atoms with van der Waals surface area (Å²) in [6, 6.07) is 0. The first kappa shape index (κ1) is 57.6. The Balaban J connectivity index is -0.000000737. The third kappa shape index (κ3) is 55.6. The number of carbonyl (C=O) groups excluding carboxylic acids is 2. The van der Waals surface area contributed by atoms with Crippen LogP contribution in [-0.2, 0) is 14.3 Å². The third-order valence-corrected chi connectivity index (χ3v) is 10.9. The van der Waals surface area contributed by atoms with Gasteiger partial charge >= 0.3 is 0 Å². The lowest BCUT2D eigenvalue weighted by Crippen LogP contribution is -2.18. The van der Waals surface area contributed by atoms with Gasteiger partial charge in [0.15, 0.2) is 0 Å². The van der Waals surface area contributed by atoms with Crippen LogP contribution in [0.2, 0.25) is 0 Å². The SMILES string of the molecule is CC(=O)CCCCC(CCCCC(C)=O)OCCCN(C)C.CCCCCCCC(C)CCCCCCC.CCCCCCCC(C)CCCCCCC. The Hall–Kier alpha value is -0.740. The summed E-state index contributed by atoms with van der Waals surface area (Å²) in [6.45, 7) is 19.2. The van der Waals surface area contributed by atoms with Gasteiger partial charge in [-0.2, -0.15) is 0 Å². The quantitative estimate of drug-likeness (QED) is 0.0585. The van der Waals surface area contributed by atoms with Gasteiger partial charge in [0.25, 0.3) is 0 Å². The smallest absolute Gasteiger partial charge is 0.129 e. The molecule has 0 aromatic carbocycles. The Kier molecular flexibility index (Phi) is 51.6. The summed E-state index contributed by atoms with van der Waals surface area (Å²) in [5.74, 6) is 2.49. The Morgan fingerprint density at radius 2 is 0.722 bits per heavy atom. The second kappa shape index (κ2) is 48.4. The van der Waals surface area contributed by atoms with Gasteiger partial charge in [0.2, 0.25) is 0 Å². The van der Waals surface area contributed by atoms with Crippen LogP contribution in [0.3, 0.4) is 0 Å². The lowest BCUT2D eigenvalue weighted by molar-refractivity contribution is -0.117. The van der Waals surface area contributed by atoms with Crippen LogP contribution in [0.5, 0.6) is 0 Å². The highest BCUT2D eigenvalue weighted by molar-refractivity contribution is 5.75. The first-order chi connectivity index (χ1) is 26.0. The number of hydrogen-bond donors (Lipinski definition) is 0. The molecule has 0 atom stereocenters. The van der Waals surface area contributed by atoms with E-state index < -0.39 is 0 Å². The summed E-state index contributed by atoms with van der Waals surface area (Å²) in [4.78, 5) is 24.1. The Labute approximate surface area is 342 Å². The molecule has 0 N–H and O–H groups in total. The highest BCUT2D eigenvalue weighted by Crippen LogP contribution is 2.19. The van der Waals surface area contributed by atoms with Crippen molar-refractivity contribution in [3.05, 3.63) is 0 Å². The van der Waals surface area contributed by atoms with Crippen LogP contribution in [0.4, 0.5) is 0 Å². The molecule has 0 amide bonds. The zero-order valence-electron chi connectivity index (χ0n) is 39.2. The third-order valence-electron chi connectivity index (χ3n) is 10.9. The van der Waals surface area contributed by atoms with E-state index in [-0.39, 0.29) is 17.7 Å². The number of unbranched alkanes of at least 4 members (excludes halogenated alkanes) is 18. The van der Waals surface area contributed by atoms with Gasteiger partial charge in [0.05, 0.1) is 6.10 Å². The van der Waals surface area contributed by atoms with Crippen LogP contribution < -0.4 is 0 Å². The van der Waals surface area contributed by atoms with Crippen molar-refractivity contribution in [3.8, 4) is 0 Å². The average molecular weight is 766 g/mol. The predicted molar refractivity (Wildman–Crippen MR) is 243 cm³/mol. The molecule has 0 saturated carbocycles. The van der Waals surface area contributed by atoms with Crippen LogP contribution >= 0.6 is 0 Å². The average Bonchev–Trinajstić information content (AvgIpc) is 3.13. The van der Waals surface area contributed by atoms with Crippen LogP contribution in [0.25, 0.3) is 0 Å². The number of Topliss-reactive ketones (excluding diaryl/α,β-unsaturated/α-hetero) is 2. The first-order valence-electron chi connectivity index (χ1n) is 24.3. The highest BCUT2D eigenvalue weighted by atomic mass is 16.5. The zero-order chi connectivity index (χ0) is 40.9. The number of hydrogen-bond acceptors (Lipinski definition) is 4. The summed E-state index contributed by atoms with van der Waals surface area (Å²) in [5, 5.41) is 0. The van der Waals surface area contributed by atoms with E-state index in [2.05, 4.69) is 60.5 Å². The summed E-state index contributed by atoms with van der Waals surface area (Å²) < 4.78 is 6.01. The van der Waals surface area contributed by atoms with E-state index >= 15 is 0 Å². The van der Waals surface area contributed by atoms with Crippen molar-refractivity contribution in [2.45, 2.75) is 273 Å². The fraction of sp³-hybridized carbons (Fsp3) is 0.960. The van der Waals surface area contributed by atoms with Gasteiger partial charge in [-0.3, -0.25) is 0 Å². The van der Waals surface area contributed by atoms with E-state index in [0.717, 1.165) is 69.9 Å². The molecule has 0 radical (unpaired) electrons. The maximum absolute atomic E-state index is 11.0. The summed E-state index contributed by atoms with van der Waals surface area (Å²) in [7, 11) is 4.14. The molecule has 0 fully saturated rings. The van der Waals surface area contributed by atoms with Gasteiger partial charge in [-0.1, -0.05) is 208 Å². The van der Waals surface area contributed by atoms with Crippen molar-refractivity contribution in [3.63, 3.8) is 0 Å². The number of ether oxygens (including phenoxy) is 1. The highest BCUT2D eigenvalue weighted by Gasteiger charge is 2.10. The van der Waals surface area contributed by atoms with E-state index in [4.69, 9.17) is 4.74 Å². The molecule has 0 aromatic heterocycles. The van der Waals surface area contributed by atoms with Crippen molar-refractivity contribution in [2.75, 3.05) is 27.2 Å². The van der Waals surface area contributed by atoms with Crippen molar-refractivity contribution in [1.29, 1.82) is 0 Å². The molecule has 0 spiro atoms. The van der Waals surface area contributed by atoms with Gasteiger partial charge in [-0.15, -0.1) is 0 Å². The van der Waals surface area contributed by atoms with Crippen molar-refractivity contribution in [1.82, 2.24) is 4.90 Å². The van der Waals surface area contributed by atoms with E-state index in [1.165, 1.54) is 154 Å². The normalized spacial score (nSPS) is 11.3. The maximum Gasteiger partial charge on any atom is 0.129 e. The first-order valence-corrected chi connectivity index (χ1v) is 24.3. The Morgan fingerprint density at radius 1 is 0.426 bits per heavy atom.